The van der Waals surface area contributed by atoms with Crippen LogP contribution in [0.15, 0.2) is 30.5 Å². The number of anilines is 1. The molecular weight excluding hydrogens is 411 g/mol. The van der Waals surface area contributed by atoms with E-state index in [-0.39, 0.29) is 5.91 Å². The van der Waals surface area contributed by atoms with Crippen LogP contribution < -0.4 is 10.6 Å². The number of aryl methyl sites for hydroxylation is 1. The molecule has 1 aliphatic heterocycles. The van der Waals surface area contributed by atoms with Crippen LogP contribution in [0.5, 0.6) is 0 Å². The predicted molar refractivity (Wildman–Crippen MR) is 116 cm³/mol. The van der Waals surface area contributed by atoms with Crippen molar-refractivity contribution < 1.29 is 4.79 Å². The Morgan fingerprint density at radius 3 is 2.62 bits per heavy atom. The Balaban J connectivity index is 1.56. The number of halogens is 2. The fourth-order valence-corrected chi connectivity index (χ4v) is 3.97. The molecule has 152 valence electrons. The molecule has 0 aliphatic carbocycles. The SMILES string of the molecule is Cc1nn(CCN2CCNCC2)c2ncc(C(=O)Nc3ccc(Cl)cc3)c(Cl)c12. The highest BCUT2D eigenvalue weighted by atomic mass is 35.5. The predicted octanol–water partition coefficient (Wildman–Crippen LogP) is 3.20. The molecule has 0 atom stereocenters. The Labute approximate surface area is 179 Å². The smallest absolute Gasteiger partial charge is 0.258 e. The standard InChI is InChI=1S/C20H22Cl2N6O/c1-13-17-18(22)16(20(29)25-15-4-2-14(21)3-5-15)12-24-19(17)28(26-13)11-10-27-8-6-23-7-9-27/h2-5,12,23H,6-11H2,1H3,(H,25,29). The number of piperazine rings is 1. The van der Waals surface area contributed by atoms with Crippen molar-refractivity contribution in [1.82, 2.24) is 25.0 Å². The first-order valence-electron chi connectivity index (χ1n) is 9.54. The molecule has 0 radical (unpaired) electrons. The first-order chi connectivity index (χ1) is 14.0. The summed E-state index contributed by atoms with van der Waals surface area (Å²) >= 11 is 12.5. The molecule has 0 saturated carbocycles. The van der Waals surface area contributed by atoms with Crippen LogP contribution in [-0.2, 0) is 6.54 Å². The first-order valence-corrected chi connectivity index (χ1v) is 10.3. The van der Waals surface area contributed by atoms with Gasteiger partial charge in [0.1, 0.15) is 0 Å². The lowest BCUT2D eigenvalue weighted by molar-refractivity contribution is 0.102. The molecule has 1 fully saturated rings. The molecule has 1 aromatic carbocycles. The normalized spacial score (nSPS) is 15.0. The average Bonchev–Trinajstić information content (AvgIpc) is 3.05. The highest BCUT2D eigenvalue weighted by Gasteiger charge is 2.20. The highest BCUT2D eigenvalue weighted by Crippen LogP contribution is 2.29. The third kappa shape index (κ3) is 4.38. The van der Waals surface area contributed by atoms with Crippen molar-refractivity contribution in [2.24, 2.45) is 0 Å². The Kier molecular flexibility index (Phi) is 6.01. The van der Waals surface area contributed by atoms with E-state index in [0.29, 0.717) is 26.9 Å². The van der Waals surface area contributed by atoms with Crippen LogP contribution in [-0.4, -0.2) is 58.3 Å². The minimum absolute atomic E-state index is 0.318. The fraction of sp³-hybridized carbons (Fsp3) is 0.350. The maximum Gasteiger partial charge on any atom is 0.258 e. The monoisotopic (exact) mass is 432 g/mol. The van der Waals surface area contributed by atoms with Gasteiger partial charge < -0.3 is 10.6 Å². The Morgan fingerprint density at radius 2 is 1.90 bits per heavy atom. The number of aromatic nitrogens is 3. The van der Waals surface area contributed by atoms with Gasteiger partial charge in [-0.3, -0.25) is 9.69 Å². The van der Waals surface area contributed by atoms with Gasteiger partial charge in [-0.05, 0) is 31.2 Å². The van der Waals surface area contributed by atoms with Crippen LogP contribution in [0.3, 0.4) is 0 Å². The molecule has 7 nitrogen and oxygen atoms in total. The summed E-state index contributed by atoms with van der Waals surface area (Å²) in [6, 6.07) is 6.90. The number of carbonyl (C=O) groups is 1. The number of nitrogens with zero attached hydrogens (tertiary/aromatic N) is 4. The maximum atomic E-state index is 12.7. The van der Waals surface area contributed by atoms with E-state index in [2.05, 4.69) is 25.6 Å². The summed E-state index contributed by atoms with van der Waals surface area (Å²) in [5, 5.41) is 12.5. The van der Waals surface area contributed by atoms with Gasteiger partial charge in [0.2, 0.25) is 0 Å². The van der Waals surface area contributed by atoms with Crippen molar-refractivity contribution >= 4 is 45.8 Å². The Hall–Kier alpha value is -2.19. The minimum atomic E-state index is -0.320. The second-order valence-corrected chi connectivity index (χ2v) is 7.86. The highest BCUT2D eigenvalue weighted by molar-refractivity contribution is 6.39. The van der Waals surface area contributed by atoms with Crippen molar-refractivity contribution in [1.29, 1.82) is 0 Å². The largest absolute Gasteiger partial charge is 0.322 e. The summed E-state index contributed by atoms with van der Waals surface area (Å²) in [5.41, 5.74) is 2.42. The molecule has 9 heteroatoms. The number of hydrogen-bond acceptors (Lipinski definition) is 5. The number of nitrogens with one attached hydrogen (secondary N) is 2. The lowest BCUT2D eigenvalue weighted by Gasteiger charge is -2.26. The zero-order valence-corrected chi connectivity index (χ0v) is 17.6. The maximum absolute atomic E-state index is 12.7. The molecule has 0 spiro atoms. The summed E-state index contributed by atoms with van der Waals surface area (Å²) in [4.78, 5) is 19.6. The van der Waals surface area contributed by atoms with E-state index < -0.39 is 0 Å². The summed E-state index contributed by atoms with van der Waals surface area (Å²) < 4.78 is 1.87. The number of carbonyl (C=O) groups excluding carboxylic acids is 1. The lowest BCUT2D eigenvalue weighted by Crippen LogP contribution is -2.44. The average molecular weight is 433 g/mol. The molecule has 1 aliphatic rings. The van der Waals surface area contributed by atoms with Crippen molar-refractivity contribution in [2.75, 3.05) is 38.0 Å². The van der Waals surface area contributed by atoms with Crippen molar-refractivity contribution in [2.45, 2.75) is 13.5 Å². The number of hydrogen-bond donors (Lipinski definition) is 2. The van der Waals surface area contributed by atoms with Gasteiger partial charge >= 0.3 is 0 Å². The van der Waals surface area contributed by atoms with Gasteiger partial charge in [0.15, 0.2) is 5.65 Å². The summed E-state index contributed by atoms with van der Waals surface area (Å²) in [5.74, 6) is -0.320. The first kappa shape index (κ1) is 20.1. The minimum Gasteiger partial charge on any atom is -0.322 e. The van der Waals surface area contributed by atoms with Crippen LogP contribution in [0, 0.1) is 6.92 Å². The van der Waals surface area contributed by atoms with Gasteiger partial charge in [0, 0.05) is 49.6 Å². The van der Waals surface area contributed by atoms with Crippen molar-refractivity contribution in [3.63, 3.8) is 0 Å². The van der Waals surface area contributed by atoms with Gasteiger partial charge in [-0.1, -0.05) is 23.2 Å². The summed E-state index contributed by atoms with van der Waals surface area (Å²) in [7, 11) is 0. The van der Waals surface area contributed by atoms with E-state index in [9.17, 15) is 4.79 Å². The van der Waals surface area contributed by atoms with Gasteiger partial charge in [0.25, 0.3) is 5.91 Å². The number of fused-ring (bicyclic) bond motifs is 1. The van der Waals surface area contributed by atoms with Crippen LogP contribution in [0.2, 0.25) is 10.0 Å². The van der Waals surface area contributed by atoms with E-state index in [1.54, 1.807) is 24.3 Å². The fourth-order valence-electron chi connectivity index (χ4n) is 3.49. The van der Waals surface area contributed by atoms with Gasteiger partial charge in [-0.25, -0.2) is 9.67 Å². The molecule has 2 N–H and O–H groups in total. The molecule has 3 heterocycles. The van der Waals surface area contributed by atoms with Crippen molar-refractivity contribution in [3.8, 4) is 0 Å². The summed E-state index contributed by atoms with van der Waals surface area (Å²) in [6.45, 7) is 7.59. The second-order valence-electron chi connectivity index (χ2n) is 7.05. The topological polar surface area (TPSA) is 75.1 Å². The molecule has 29 heavy (non-hydrogen) atoms. The van der Waals surface area contributed by atoms with Crippen LogP contribution in [0.4, 0.5) is 5.69 Å². The van der Waals surface area contributed by atoms with Crippen LogP contribution >= 0.6 is 23.2 Å². The number of pyridine rings is 1. The third-order valence-corrected chi connectivity index (χ3v) is 5.70. The molecule has 0 unspecified atom stereocenters. The van der Waals surface area contributed by atoms with E-state index in [1.807, 2.05) is 11.6 Å². The molecule has 4 rings (SSSR count). The number of benzene rings is 1. The Morgan fingerprint density at radius 1 is 1.17 bits per heavy atom. The van der Waals surface area contributed by atoms with E-state index in [1.165, 1.54) is 6.20 Å². The van der Waals surface area contributed by atoms with Crippen LogP contribution in [0.1, 0.15) is 16.1 Å². The molecule has 3 aromatic rings. The third-order valence-electron chi connectivity index (χ3n) is 5.06. The van der Waals surface area contributed by atoms with Crippen LogP contribution in [0.25, 0.3) is 11.0 Å². The second kappa shape index (κ2) is 8.67. The number of amides is 1. The summed E-state index contributed by atoms with van der Waals surface area (Å²) in [6.07, 6.45) is 1.51. The lowest BCUT2D eigenvalue weighted by atomic mass is 10.2. The molecule has 2 aromatic heterocycles. The van der Waals surface area contributed by atoms with E-state index >= 15 is 0 Å². The van der Waals surface area contributed by atoms with Gasteiger partial charge in [-0.15, -0.1) is 0 Å². The molecular formula is C20H22Cl2N6O. The molecule has 1 amide bonds. The Bertz CT molecular complexity index is 1030. The van der Waals surface area contributed by atoms with E-state index in [0.717, 1.165) is 50.3 Å². The van der Waals surface area contributed by atoms with Gasteiger partial charge in [-0.2, -0.15) is 5.10 Å². The van der Waals surface area contributed by atoms with Crippen molar-refractivity contribution in [3.05, 3.63) is 51.8 Å². The van der Waals surface area contributed by atoms with Gasteiger partial charge in [0.05, 0.1) is 28.2 Å². The zero-order chi connectivity index (χ0) is 20.4. The number of rotatable bonds is 5. The molecule has 1 saturated heterocycles. The molecule has 0 bridgehead atoms. The quantitative estimate of drug-likeness (QED) is 0.647. The van der Waals surface area contributed by atoms with E-state index in [4.69, 9.17) is 23.2 Å². The zero-order valence-electron chi connectivity index (χ0n) is 16.1.